The Hall–Kier alpha value is -1.48. The molecule has 7 nitrogen and oxygen atoms in total. The minimum atomic E-state index is -3.60. The van der Waals surface area contributed by atoms with Gasteiger partial charge >= 0.3 is 0 Å². The van der Waals surface area contributed by atoms with Crippen LogP contribution in [0.2, 0.25) is 0 Å². The van der Waals surface area contributed by atoms with Crippen molar-refractivity contribution >= 4 is 15.9 Å². The third-order valence-corrected chi connectivity index (χ3v) is 6.50. The smallest absolute Gasteiger partial charge is 0.251 e. The molecule has 1 unspecified atom stereocenters. The molecule has 0 bridgehead atoms. The molecule has 4 N–H and O–H groups in total. The Balaban J connectivity index is 1.55. The van der Waals surface area contributed by atoms with Crippen LogP contribution in [0.4, 0.5) is 0 Å². The van der Waals surface area contributed by atoms with Gasteiger partial charge < -0.3 is 15.8 Å². The molecular weight excluding hydrogens is 354 g/mol. The normalized spacial score (nSPS) is 26.6. The number of hydrogen-bond donors (Lipinski definition) is 3. The predicted molar refractivity (Wildman–Crippen MR) is 98.3 cm³/mol. The summed E-state index contributed by atoms with van der Waals surface area (Å²) in [4.78, 5) is 12.5. The Morgan fingerprint density at radius 2 is 1.81 bits per heavy atom. The molecule has 26 heavy (non-hydrogen) atoms. The van der Waals surface area contributed by atoms with Crippen molar-refractivity contribution in [3.05, 3.63) is 29.8 Å². The van der Waals surface area contributed by atoms with E-state index in [9.17, 15) is 13.2 Å². The number of hydrogen-bond acceptors (Lipinski definition) is 5. The molecule has 2 aliphatic rings. The fourth-order valence-corrected chi connectivity index (χ4v) is 4.48. The van der Waals surface area contributed by atoms with Crippen LogP contribution in [0.3, 0.4) is 0 Å². The number of benzene rings is 1. The summed E-state index contributed by atoms with van der Waals surface area (Å²) in [6, 6.07) is 6.39. The van der Waals surface area contributed by atoms with Crippen LogP contribution in [0.5, 0.6) is 0 Å². The molecule has 8 heteroatoms. The molecule has 1 aliphatic carbocycles. The average Bonchev–Trinajstić information content (AvgIpc) is 3.16. The van der Waals surface area contributed by atoms with Crippen LogP contribution >= 0.6 is 0 Å². The van der Waals surface area contributed by atoms with Gasteiger partial charge in [0.2, 0.25) is 10.0 Å². The van der Waals surface area contributed by atoms with Crippen molar-refractivity contribution in [2.45, 2.75) is 61.6 Å². The Morgan fingerprint density at radius 3 is 2.42 bits per heavy atom. The lowest BCUT2D eigenvalue weighted by Crippen LogP contribution is -2.40. The van der Waals surface area contributed by atoms with E-state index < -0.39 is 10.0 Å². The van der Waals surface area contributed by atoms with Gasteiger partial charge in [0.25, 0.3) is 5.91 Å². The molecule has 3 rings (SSSR count). The maximum absolute atomic E-state index is 12.3. The first-order valence-electron chi connectivity index (χ1n) is 9.22. The van der Waals surface area contributed by atoms with Gasteiger partial charge in [-0.15, -0.1) is 0 Å². The molecule has 1 aromatic carbocycles. The van der Waals surface area contributed by atoms with Gasteiger partial charge in [0, 0.05) is 30.8 Å². The molecule has 1 saturated heterocycles. The molecule has 1 amide bonds. The van der Waals surface area contributed by atoms with E-state index in [1.54, 1.807) is 12.1 Å². The van der Waals surface area contributed by atoms with Crippen molar-refractivity contribution in [3.8, 4) is 0 Å². The highest BCUT2D eigenvalue weighted by atomic mass is 32.2. The number of carbonyl (C=O) groups is 1. The number of nitrogens with one attached hydrogen (secondary N) is 2. The van der Waals surface area contributed by atoms with Crippen molar-refractivity contribution in [2.24, 2.45) is 5.73 Å². The first kappa shape index (κ1) is 19.3. The van der Waals surface area contributed by atoms with Crippen LogP contribution in [0, 0.1) is 0 Å². The summed E-state index contributed by atoms with van der Waals surface area (Å²) in [5.74, 6) is -0.179. The maximum atomic E-state index is 12.3. The molecule has 0 spiro atoms. The van der Waals surface area contributed by atoms with Crippen LogP contribution in [-0.2, 0) is 14.8 Å². The lowest BCUT2D eigenvalue weighted by molar-refractivity contribution is 0.0925. The summed E-state index contributed by atoms with van der Waals surface area (Å²) in [6.07, 6.45) is 5.37. The third-order valence-electron chi connectivity index (χ3n) is 5.06. The number of sulfonamides is 1. The van der Waals surface area contributed by atoms with Gasteiger partial charge in [0.15, 0.2) is 0 Å². The largest absolute Gasteiger partial charge is 0.377 e. The number of ether oxygens (including phenoxy) is 1. The van der Waals surface area contributed by atoms with Crippen LogP contribution in [-0.4, -0.2) is 45.7 Å². The fraction of sp³-hybridized carbons (Fsp3) is 0.611. The van der Waals surface area contributed by atoms with Crippen molar-refractivity contribution in [3.63, 3.8) is 0 Å². The molecule has 1 aromatic rings. The SMILES string of the molecule is NC1CCC(NC(=O)c2ccc(S(=O)(=O)NCC3CCCO3)cc2)CC1. The summed E-state index contributed by atoms with van der Waals surface area (Å²) in [5, 5.41) is 3.00. The molecule has 2 fully saturated rings. The average molecular weight is 381 g/mol. The Morgan fingerprint density at radius 1 is 1.12 bits per heavy atom. The Labute approximate surface area is 154 Å². The lowest BCUT2D eigenvalue weighted by Gasteiger charge is -2.26. The fourth-order valence-electron chi connectivity index (χ4n) is 3.41. The molecule has 0 aromatic heterocycles. The molecule has 1 saturated carbocycles. The summed E-state index contributed by atoms with van der Waals surface area (Å²) in [6.45, 7) is 0.956. The van der Waals surface area contributed by atoms with Crippen molar-refractivity contribution < 1.29 is 17.9 Å². The van der Waals surface area contributed by atoms with E-state index in [1.807, 2.05) is 0 Å². The van der Waals surface area contributed by atoms with Gasteiger partial charge in [-0.1, -0.05) is 0 Å². The monoisotopic (exact) mass is 381 g/mol. The van der Waals surface area contributed by atoms with Crippen LogP contribution < -0.4 is 15.8 Å². The van der Waals surface area contributed by atoms with Crippen LogP contribution in [0.1, 0.15) is 48.9 Å². The van der Waals surface area contributed by atoms with E-state index in [1.165, 1.54) is 12.1 Å². The van der Waals surface area contributed by atoms with Gasteiger partial charge in [0.05, 0.1) is 11.0 Å². The first-order chi connectivity index (χ1) is 12.4. The minimum Gasteiger partial charge on any atom is -0.377 e. The highest BCUT2D eigenvalue weighted by Gasteiger charge is 2.22. The summed E-state index contributed by atoms with van der Waals surface area (Å²) in [7, 11) is -3.60. The van der Waals surface area contributed by atoms with E-state index in [-0.39, 0.29) is 35.5 Å². The van der Waals surface area contributed by atoms with Gasteiger partial charge in [0.1, 0.15) is 0 Å². The quantitative estimate of drug-likeness (QED) is 0.684. The summed E-state index contributed by atoms with van der Waals surface area (Å²) in [5.41, 5.74) is 6.33. The number of rotatable bonds is 6. The number of carbonyl (C=O) groups excluding carboxylic acids is 1. The van der Waals surface area contributed by atoms with Crippen molar-refractivity contribution in [1.82, 2.24) is 10.0 Å². The summed E-state index contributed by atoms with van der Waals surface area (Å²) < 4.78 is 32.7. The number of nitrogens with two attached hydrogens (primary N) is 1. The van der Waals surface area contributed by atoms with E-state index in [0.717, 1.165) is 38.5 Å². The topological polar surface area (TPSA) is 111 Å². The maximum Gasteiger partial charge on any atom is 0.251 e. The molecular formula is C18H27N3O4S. The third kappa shape index (κ3) is 5.03. The highest BCUT2D eigenvalue weighted by molar-refractivity contribution is 7.89. The second kappa shape index (κ2) is 8.47. The second-order valence-corrected chi connectivity index (χ2v) is 8.86. The molecule has 144 valence electrons. The van der Waals surface area contributed by atoms with E-state index in [2.05, 4.69) is 10.0 Å². The van der Waals surface area contributed by atoms with E-state index in [4.69, 9.17) is 10.5 Å². The summed E-state index contributed by atoms with van der Waals surface area (Å²) >= 11 is 0. The Bertz CT molecular complexity index is 706. The van der Waals surface area contributed by atoms with Gasteiger partial charge in [-0.3, -0.25) is 4.79 Å². The Kier molecular flexibility index (Phi) is 6.29. The molecule has 1 heterocycles. The van der Waals surface area contributed by atoms with Gasteiger partial charge in [-0.05, 0) is 62.8 Å². The molecule has 1 aliphatic heterocycles. The van der Waals surface area contributed by atoms with Crippen molar-refractivity contribution in [1.29, 1.82) is 0 Å². The van der Waals surface area contributed by atoms with E-state index in [0.29, 0.717) is 12.2 Å². The zero-order valence-corrected chi connectivity index (χ0v) is 15.6. The molecule has 1 atom stereocenters. The van der Waals surface area contributed by atoms with Crippen molar-refractivity contribution in [2.75, 3.05) is 13.2 Å². The zero-order valence-electron chi connectivity index (χ0n) is 14.8. The van der Waals surface area contributed by atoms with E-state index >= 15 is 0 Å². The predicted octanol–water partition coefficient (Wildman–Crippen LogP) is 1.14. The minimum absolute atomic E-state index is 0.0570. The van der Waals surface area contributed by atoms with Gasteiger partial charge in [-0.2, -0.15) is 0 Å². The van der Waals surface area contributed by atoms with Gasteiger partial charge in [-0.25, -0.2) is 13.1 Å². The lowest BCUT2D eigenvalue weighted by atomic mass is 9.91. The standard InChI is InChI=1S/C18H27N3O4S/c19-14-5-7-15(8-6-14)21-18(22)13-3-9-17(10-4-13)26(23,24)20-12-16-2-1-11-25-16/h3-4,9-10,14-16,20H,1-2,5-8,11-12,19H2,(H,21,22). The molecule has 0 radical (unpaired) electrons. The van der Waals surface area contributed by atoms with Crippen LogP contribution in [0.25, 0.3) is 0 Å². The first-order valence-corrected chi connectivity index (χ1v) is 10.7. The second-order valence-electron chi connectivity index (χ2n) is 7.10. The van der Waals surface area contributed by atoms with Crippen LogP contribution in [0.15, 0.2) is 29.2 Å². The number of amides is 1. The highest BCUT2D eigenvalue weighted by Crippen LogP contribution is 2.18. The zero-order chi connectivity index (χ0) is 18.6.